The van der Waals surface area contributed by atoms with Crippen molar-refractivity contribution in [3.05, 3.63) is 50.6 Å². The van der Waals surface area contributed by atoms with Gasteiger partial charge in [0, 0.05) is 11.3 Å². The zero-order valence-corrected chi connectivity index (χ0v) is 14.9. The molecule has 22 heavy (non-hydrogen) atoms. The average molecular weight is 391 g/mol. The Labute approximate surface area is 144 Å². The molecule has 4 rings (SSSR count). The van der Waals surface area contributed by atoms with Crippen molar-refractivity contribution >= 4 is 44.7 Å². The number of hydrogen-bond donors (Lipinski definition) is 0. The lowest BCUT2D eigenvalue weighted by Gasteiger charge is -2.13. The molecule has 0 fully saturated rings. The van der Waals surface area contributed by atoms with Gasteiger partial charge in [0.1, 0.15) is 0 Å². The van der Waals surface area contributed by atoms with Gasteiger partial charge < -0.3 is 0 Å². The first kappa shape index (κ1) is 14.2. The molecule has 0 aliphatic carbocycles. The Balaban J connectivity index is 1.83. The zero-order valence-electron chi connectivity index (χ0n) is 11.7. The minimum absolute atomic E-state index is 0.799. The summed E-state index contributed by atoms with van der Waals surface area (Å²) in [7, 11) is 0. The van der Waals surface area contributed by atoms with Crippen molar-refractivity contribution in [3.8, 4) is 11.4 Å². The maximum Gasteiger partial charge on any atom is 0.212 e. The Bertz CT molecular complexity index is 881. The van der Waals surface area contributed by atoms with Gasteiger partial charge >= 0.3 is 0 Å². The van der Waals surface area contributed by atoms with Gasteiger partial charge in [-0.05, 0) is 40.5 Å². The first-order valence-corrected chi connectivity index (χ1v) is 9.29. The van der Waals surface area contributed by atoms with Gasteiger partial charge in [-0.15, -0.1) is 21.5 Å². The minimum atomic E-state index is 0.799. The number of benzene rings is 1. The van der Waals surface area contributed by atoms with Crippen LogP contribution in [0.3, 0.4) is 0 Å². The second-order valence-electron chi connectivity index (χ2n) is 4.87. The molecule has 0 bridgehead atoms. The highest BCUT2D eigenvalue weighted by Gasteiger charge is 2.22. The van der Waals surface area contributed by atoms with Crippen molar-refractivity contribution in [2.24, 2.45) is 5.10 Å². The smallest absolute Gasteiger partial charge is 0.186 e. The third kappa shape index (κ3) is 2.43. The van der Waals surface area contributed by atoms with E-state index in [1.807, 2.05) is 16.8 Å². The van der Waals surface area contributed by atoms with Gasteiger partial charge in [-0.3, -0.25) is 0 Å². The number of thiophene rings is 1. The van der Waals surface area contributed by atoms with Crippen LogP contribution in [0.5, 0.6) is 0 Å². The molecule has 1 aliphatic rings. The maximum atomic E-state index is 4.78. The van der Waals surface area contributed by atoms with Crippen molar-refractivity contribution in [2.75, 3.05) is 5.75 Å². The summed E-state index contributed by atoms with van der Waals surface area (Å²) in [5.74, 6) is 1.62. The van der Waals surface area contributed by atoms with Crippen LogP contribution in [0.4, 0.5) is 0 Å². The van der Waals surface area contributed by atoms with E-state index in [1.165, 1.54) is 10.4 Å². The van der Waals surface area contributed by atoms with Gasteiger partial charge in [-0.2, -0.15) is 9.78 Å². The predicted octanol–water partition coefficient (Wildman–Crippen LogP) is 4.44. The number of hydrogen-bond acceptors (Lipinski definition) is 5. The van der Waals surface area contributed by atoms with E-state index in [9.17, 15) is 0 Å². The molecule has 3 heterocycles. The standard InChI is InChI=1S/C15H11BrN4S2/c1-9-4-2-3-5-10(9)14-17-18-15-20(14)19-11(8-21-15)12-6-7-13(16)22-12/h2-7H,8H2,1H3. The fourth-order valence-corrected chi connectivity index (χ4v) is 4.60. The molecule has 0 saturated heterocycles. The van der Waals surface area contributed by atoms with E-state index >= 15 is 0 Å². The van der Waals surface area contributed by atoms with E-state index in [0.717, 1.165) is 31.8 Å². The zero-order chi connectivity index (χ0) is 15.1. The SMILES string of the molecule is Cc1ccccc1-c1nnc2n1N=C(c1ccc(Br)s1)CS2. The topological polar surface area (TPSA) is 43.1 Å². The van der Waals surface area contributed by atoms with Crippen LogP contribution >= 0.6 is 39.0 Å². The molecule has 1 aromatic carbocycles. The number of nitrogens with zero attached hydrogens (tertiary/aromatic N) is 4. The van der Waals surface area contributed by atoms with E-state index < -0.39 is 0 Å². The van der Waals surface area contributed by atoms with Crippen molar-refractivity contribution in [3.63, 3.8) is 0 Å². The summed E-state index contributed by atoms with van der Waals surface area (Å²) in [5.41, 5.74) is 3.30. The first-order chi connectivity index (χ1) is 10.7. The van der Waals surface area contributed by atoms with E-state index in [0.29, 0.717) is 0 Å². The first-order valence-electron chi connectivity index (χ1n) is 6.70. The van der Waals surface area contributed by atoms with Gasteiger partial charge in [-0.1, -0.05) is 36.0 Å². The Morgan fingerprint density at radius 1 is 1.14 bits per heavy atom. The van der Waals surface area contributed by atoms with Crippen molar-refractivity contribution in [1.29, 1.82) is 0 Å². The molecule has 0 N–H and O–H groups in total. The van der Waals surface area contributed by atoms with Crippen molar-refractivity contribution in [2.45, 2.75) is 12.1 Å². The number of rotatable bonds is 2. The van der Waals surface area contributed by atoms with Crippen LogP contribution in [-0.4, -0.2) is 26.3 Å². The fraction of sp³-hybridized carbons (Fsp3) is 0.133. The Kier molecular flexibility index (Phi) is 3.63. The van der Waals surface area contributed by atoms with Crippen molar-refractivity contribution in [1.82, 2.24) is 14.9 Å². The number of halogens is 1. The lowest BCUT2D eigenvalue weighted by atomic mass is 10.1. The summed E-state index contributed by atoms with van der Waals surface area (Å²) in [6.07, 6.45) is 0. The molecule has 2 aromatic heterocycles. The highest BCUT2D eigenvalue weighted by atomic mass is 79.9. The summed E-state index contributed by atoms with van der Waals surface area (Å²) < 4.78 is 2.98. The monoisotopic (exact) mass is 390 g/mol. The largest absolute Gasteiger partial charge is 0.212 e. The molecule has 7 heteroatoms. The van der Waals surface area contributed by atoms with Crippen LogP contribution < -0.4 is 0 Å². The van der Waals surface area contributed by atoms with Gasteiger partial charge in [-0.25, -0.2) is 0 Å². The number of aryl methyl sites for hydroxylation is 1. The molecule has 1 aliphatic heterocycles. The molecule has 3 aromatic rings. The molecule has 0 saturated carbocycles. The van der Waals surface area contributed by atoms with Crippen LogP contribution in [0, 0.1) is 6.92 Å². The lowest BCUT2D eigenvalue weighted by molar-refractivity contribution is 0.762. The molecule has 110 valence electrons. The average Bonchev–Trinajstić information content (AvgIpc) is 3.13. The fourth-order valence-electron chi connectivity index (χ4n) is 2.31. The molecule has 0 unspecified atom stereocenters. The summed E-state index contributed by atoms with van der Waals surface area (Å²) in [5, 5.41) is 14.2. The molecule has 0 atom stereocenters. The normalized spacial score (nSPS) is 13.8. The highest BCUT2D eigenvalue weighted by molar-refractivity contribution is 9.11. The van der Waals surface area contributed by atoms with Gasteiger partial charge in [0.05, 0.1) is 14.4 Å². The maximum absolute atomic E-state index is 4.78. The van der Waals surface area contributed by atoms with E-state index in [-0.39, 0.29) is 0 Å². The van der Waals surface area contributed by atoms with Gasteiger partial charge in [0.2, 0.25) is 5.16 Å². The van der Waals surface area contributed by atoms with Gasteiger partial charge in [0.15, 0.2) is 5.82 Å². The van der Waals surface area contributed by atoms with E-state index in [4.69, 9.17) is 5.10 Å². The molecular formula is C15H11BrN4S2. The van der Waals surface area contributed by atoms with Gasteiger partial charge in [0.25, 0.3) is 0 Å². The minimum Gasteiger partial charge on any atom is -0.186 e. The second kappa shape index (κ2) is 5.64. The molecule has 4 nitrogen and oxygen atoms in total. The number of aromatic nitrogens is 3. The third-order valence-electron chi connectivity index (χ3n) is 3.41. The van der Waals surface area contributed by atoms with Crippen LogP contribution in [0.2, 0.25) is 0 Å². The van der Waals surface area contributed by atoms with Crippen LogP contribution in [-0.2, 0) is 0 Å². The van der Waals surface area contributed by atoms with Crippen LogP contribution in [0.1, 0.15) is 10.4 Å². The second-order valence-corrected chi connectivity index (χ2v) is 8.28. The highest BCUT2D eigenvalue weighted by Crippen LogP contribution is 2.31. The quantitative estimate of drug-likeness (QED) is 0.649. The van der Waals surface area contributed by atoms with E-state index in [1.54, 1.807) is 23.1 Å². The summed E-state index contributed by atoms with van der Waals surface area (Å²) in [6, 6.07) is 12.3. The molecular weight excluding hydrogens is 380 g/mol. The van der Waals surface area contributed by atoms with Crippen LogP contribution in [0.25, 0.3) is 11.4 Å². The summed E-state index contributed by atoms with van der Waals surface area (Å²) in [4.78, 5) is 1.18. The third-order valence-corrected chi connectivity index (χ3v) is 6.02. The molecule has 0 amide bonds. The Hall–Kier alpha value is -1.44. The summed E-state index contributed by atoms with van der Waals surface area (Å²) >= 11 is 6.88. The van der Waals surface area contributed by atoms with Crippen LogP contribution in [0.15, 0.2) is 50.4 Å². The number of fused-ring (bicyclic) bond motifs is 1. The van der Waals surface area contributed by atoms with E-state index in [2.05, 4.69) is 57.3 Å². The predicted molar refractivity (Wildman–Crippen MR) is 94.9 cm³/mol. The number of thioether (sulfide) groups is 1. The Morgan fingerprint density at radius 3 is 2.77 bits per heavy atom. The lowest BCUT2D eigenvalue weighted by Crippen LogP contribution is -2.12. The molecule has 0 radical (unpaired) electrons. The Morgan fingerprint density at radius 2 is 2.00 bits per heavy atom. The van der Waals surface area contributed by atoms with Crippen molar-refractivity contribution < 1.29 is 0 Å². The molecule has 0 spiro atoms. The summed E-state index contributed by atoms with van der Waals surface area (Å²) in [6.45, 7) is 2.08.